The lowest BCUT2D eigenvalue weighted by Gasteiger charge is -2.08. The van der Waals surface area contributed by atoms with Gasteiger partial charge in [-0.1, -0.05) is 18.2 Å². The molecule has 1 aliphatic heterocycles. The third-order valence-corrected chi connectivity index (χ3v) is 3.27. The minimum Gasteiger partial charge on any atom is -0.454 e. The molecule has 1 aromatic heterocycles. The standard InChI is InChI=1S/C15H13N3O3/c1-18-9-12(13(19)15(18)20)14-16-7-11(8-17-14)21-10-5-3-2-4-6-10/h2-8,12H,9H2,1H3. The Morgan fingerprint density at radius 3 is 2.33 bits per heavy atom. The number of carbonyl (C=O) groups excluding carboxylic acids is 2. The van der Waals surface area contributed by atoms with E-state index < -0.39 is 17.6 Å². The highest BCUT2D eigenvalue weighted by molar-refractivity contribution is 6.40. The molecule has 0 spiro atoms. The van der Waals surface area contributed by atoms with Crippen LogP contribution in [0.2, 0.25) is 0 Å². The van der Waals surface area contributed by atoms with E-state index in [2.05, 4.69) is 9.97 Å². The normalized spacial score (nSPS) is 18.1. The number of carbonyl (C=O) groups is 2. The van der Waals surface area contributed by atoms with E-state index in [-0.39, 0.29) is 0 Å². The van der Waals surface area contributed by atoms with Crippen molar-refractivity contribution in [1.82, 2.24) is 14.9 Å². The first-order chi connectivity index (χ1) is 10.1. The van der Waals surface area contributed by atoms with Gasteiger partial charge in [0.05, 0.1) is 12.4 Å². The molecule has 0 saturated carbocycles. The zero-order valence-electron chi connectivity index (χ0n) is 11.4. The van der Waals surface area contributed by atoms with Crippen LogP contribution in [0.25, 0.3) is 0 Å². The van der Waals surface area contributed by atoms with Gasteiger partial charge in [-0.15, -0.1) is 0 Å². The van der Waals surface area contributed by atoms with Gasteiger partial charge in [-0.05, 0) is 12.1 Å². The van der Waals surface area contributed by atoms with E-state index in [4.69, 9.17) is 4.74 Å². The number of hydrogen-bond donors (Lipinski definition) is 0. The van der Waals surface area contributed by atoms with Crippen molar-refractivity contribution in [2.45, 2.75) is 5.92 Å². The van der Waals surface area contributed by atoms with Gasteiger partial charge in [-0.2, -0.15) is 0 Å². The minimum absolute atomic E-state index is 0.316. The second kappa shape index (κ2) is 5.32. The number of rotatable bonds is 3. The molecule has 1 fully saturated rings. The summed E-state index contributed by atoms with van der Waals surface area (Å²) >= 11 is 0. The molecular formula is C15H13N3O3. The first-order valence-corrected chi connectivity index (χ1v) is 6.49. The van der Waals surface area contributed by atoms with Crippen LogP contribution in [0.15, 0.2) is 42.7 Å². The number of aromatic nitrogens is 2. The summed E-state index contributed by atoms with van der Waals surface area (Å²) in [7, 11) is 1.59. The molecule has 1 aromatic carbocycles. The van der Waals surface area contributed by atoms with Gasteiger partial charge in [-0.3, -0.25) is 9.59 Å². The van der Waals surface area contributed by atoms with Crippen LogP contribution >= 0.6 is 0 Å². The molecule has 0 N–H and O–H groups in total. The summed E-state index contributed by atoms with van der Waals surface area (Å²) in [6, 6.07) is 9.27. The number of ketones is 1. The third-order valence-electron chi connectivity index (χ3n) is 3.27. The van der Waals surface area contributed by atoms with Gasteiger partial charge < -0.3 is 9.64 Å². The molecule has 3 rings (SSSR count). The van der Waals surface area contributed by atoms with Crippen LogP contribution in [-0.2, 0) is 9.59 Å². The van der Waals surface area contributed by atoms with Gasteiger partial charge in [0, 0.05) is 13.6 Å². The third kappa shape index (κ3) is 2.60. The molecule has 6 heteroatoms. The molecule has 2 aromatic rings. The zero-order chi connectivity index (χ0) is 14.8. The summed E-state index contributed by atoms with van der Waals surface area (Å²) in [5, 5.41) is 0. The highest BCUT2D eigenvalue weighted by Crippen LogP contribution is 2.24. The van der Waals surface area contributed by atoms with Gasteiger partial charge in [-0.25, -0.2) is 9.97 Å². The maximum Gasteiger partial charge on any atom is 0.290 e. The lowest BCUT2D eigenvalue weighted by molar-refractivity contribution is -0.139. The number of amides is 1. The maximum atomic E-state index is 11.8. The Morgan fingerprint density at radius 2 is 1.76 bits per heavy atom. The largest absolute Gasteiger partial charge is 0.454 e. The monoisotopic (exact) mass is 283 g/mol. The van der Waals surface area contributed by atoms with Crippen LogP contribution in [0.3, 0.4) is 0 Å². The van der Waals surface area contributed by atoms with Crippen molar-refractivity contribution in [2.24, 2.45) is 0 Å². The molecule has 21 heavy (non-hydrogen) atoms. The number of benzene rings is 1. The second-order valence-electron chi connectivity index (χ2n) is 4.79. The predicted octanol–water partition coefficient (Wildman–Crippen LogP) is 1.39. The molecule has 1 amide bonds. The lowest BCUT2D eigenvalue weighted by Crippen LogP contribution is -2.22. The minimum atomic E-state index is -0.590. The van der Waals surface area contributed by atoms with E-state index in [0.717, 1.165) is 0 Å². The van der Waals surface area contributed by atoms with Crippen LogP contribution in [-0.4, -0.2) is 40.2 Å². The summed E-state index contributed by atoms with van der Waals surface area (Å²) in [5.74, 6) is -0.0374. The van der Waals surface area contributed by atoms with Crippen molar-refractivity contribution in [1.29, 1.82) is 0 Å². The van der Waals surface area contributed by atoms with Gasteiger partial charge in [0.15, 0.2) is 5.75 Å². The average molecular weight is 283 g/mol. The molecule has 1 aliphatic rings. The first kappa shape index (κ1) is 13.2. The van der Waals surface area contributed by atoms with Crippen LogP contribution in [0.4, 0.5) is 0 Å². The van der Waals surface area contributed by atoms with Crippen LogP contribution < -0.4 is 4.74 Å². The van der Waals surface area contributed by atoms with Gasteiger partial charge in [0.1, 0.15) is 17.5 Å². The number of para-hydroxylation sites is 1. The summed E-state index contributed by atoms with van der Waals surface area (Å²) in [4.78, 5) is 32.9. The predicted molar refractivity (Wildman–Crippen MR) is 73.9 cm³/mol. The highest BCUT2D eigenvalue weighted by Gasteiger charge is 2.39. The number of likely N-dealkylation sites (tertiary alicyclic amines) is 1. The van der Waals surface area contributed by atoms with E-state index in [9.17, 15) is 9.59 Å². The lowest BCUT2D eigenvalue weighted by atomic mass is 10.1. The van der Waals surface area contributed by atoms with Crippen molar-refractivity contribution in [3.05, 3.63) is 48.5 Å². The molecule has 1 atom stereocenters. The first-order valence-electron chi connectivity index (χ1n) is 6.49. The van der Waals surface area contributed by atoms with E-state index in [1.165, 1.54) is 17.3 Å². The van der Waals surface area contributed by atoms with Crippen LogP contribution in [0.5, 0.6) is 11.5 Å². The second-order valence-corrected chi connectivity index (χ2v) is 4.79. The maximum absolute atomic E-state index is 11.8. The summed E-state index contributed by atoms with van der Waals surface area (Å²) in [5.41, 5.74) is 0. The Hall–Kier alpha value is -2.76. The van der Waals surface area contributed by atoms with Crippen molar-refractivity contribution in [3.63, 3.8) is 0 Å². The fourth-order valence-electron chi connectivity index (χ4n) is 2.16. The molecule has 6 nitrogen and oxygen atoms in total. The Bertz CT molecular complexity index is 670. The van der Waals surface area contributed by atoms with E-state index in [0.29, 0.717) is 23.9 Å². The molecule has 1 unspecified atom stereocenters. The highest BCUT2D eigenvalue weighted by atomic mass is 16.5. The molecule has 0 bridgehead atoms. The summed E-state index contributed by atoms with van der Waals surface area (Å²) in [6.45, 7) is 0.316. The van der Waals surface area contributed by atoms with Crippen molar-refractivity contribution in [2.75, 3.05) is 13.6 Å². The quantitative estimate of drug-likeness (QED) is 0.796. The molecule has 1 saturated heterocycles. The Morgan fingerprint density at radius 1 is 1.10 bits per heavy atom. The summed E-state index contributed by atoms with van der Waals surface area (Å²) < 4.78 is 5.58. The molecular weight excluding hydrogens is 270 g/mol. The van der Waals surface area contributed by atoms with E-state index in [1.807, 2.05) is 30.3 Å². The van der Waals surface area contributed by atoms with E-state index in [1.54, 1.807) is 7.05 Å². The molecule has 2 heterocycles. The van der Waals surface area contributed by atoms with Gasteiger partial charge in [0.2, 0.25) is 5.78 Å². The number of ether oxygens (including phenoxy) is 1. The fraction of sp³-hybridized carbons (Fsp3) is 0.200. The summed E-state index contributed by atoms with van der Waals surface area (Å²) in [6.07, 6.45) is 3.01. The SMILES string of the molecule is CN1CC(c2ncc(Oc3ccccc3)cn2)C(=O)C1=O. The smallest absolute Gasteiger partial charge is 0.290 e. The Balaban J connectivity index is 1.76. The van der Waals surface area contributed by atoms with Crippen LogP contribution in [0.1, 0.15) is 11.7 Å². The molecule has 106 valence electrons. The topological polar surface area (TPSA) is 72.4 Å². The number of Topliss-reactive ketones (excluding diaryl/α,β-unsaturated/α-hetero) is 1. The number of likely N-dealkylation sites (N-methyl/N-ethyl adjacent to an activating group) is 1. The Labute approximate surface area is 121 Å². The van der Waals surface area contributed by atoms with Crippen LogP contribution in [0, 0.1) is 0 Å². The van der Waals surface area contributed by atoms with Crippen molar-refractivity contribution in [3.8, 4) is 11.5 Å². The fourth-order valence-corrected chi connectivity index (χ4v) is 2.16. The van der Waals surface area contributed by atoms with Gasteiger partial charge in [0.25, 0.3) is 5.91 Å². The Kier molecular flexibility index (Phi) is 3.35. The average Bonchev–Trinajstić information content (AvgIpc) is 2.77. The number of hydrogen-bond acceptors (Lipinski definition) is 5. The molecule has 0 radical (unpaired) electrons. The van der Waals surface area contributed by atoms with E-state index >= 15 is 0 Å². The van der Waals surface area contributed by atoms with Gasteiger partial charge >= 0.3 is 0 Å². The van der Waals surface area contributed by atoms with Crippen molar-refractivity contribution < 1.29 is 14.3 Å². The molecule has 0 aliphatic carbocycles. The van der Waals surface area contributed by atoms with Crippen molar-refractivity contribution >= 4 is 11.7 Å². The zero-order valence-corrected chi connectivity index (χ0v) is 11.4. The number of nitrogens with zero attached hydrogens (tertiary/aromatic N) is 3.